The molecule has 0 aromatic heterocycles. The van der Waals surface area contributed by atoms with Crippen LogP contribution in [0.5, 0.6) is 0 Å². The lowest BCUT2D eigenvalue weighted by molar-refractivity contribution is -0.384. The van der Waals surface area contributed by atoms with Crippen LogP contribution in [-0.4, -0.2) is 129 Å². The van der Waals surface area contributed by atoms with E-state index in [-0.39, 0.29) is 78.2 Å². The standard InChI is InChI=1S/C83H86O18/c1-58(84)96-79-76(94-54-66-43-25-9-26-44-66)72(90-50-62-35-17-5-18-36-62)69(56-88-48-60-31-13-3-14-32-60)99-83(79)101-78-75(93-53-65-41-23-8-24-42-65)71(89-49-61-33-15-4-16-34-61)68(55-87-47-59-29-11-2-12-30-59)98-82(78)95-57-70-73(91-51-63-37-19-6-20-38-63)74(92-52-64-39-21-7-22-40-64)77(81(86)97-70)100-80(85)67-45-27-10-28-46-67/h2-46,68-79,81-83,86H,47-57H2,1H3/t68-,69-,70-,71-,72-,73-,74+,75+,76+,77+,78+,79+,81+,82+,83-/m1/s1. The third kappa shape index (κ3) is 21.0. The van der Waals surface area contributed by atoms with E-state index in [4.69, 9.17) is 71.1 Å². The smallest absolute Gasteiger partial charge is 0.338 e. The molecule has 3 heterocycles. The van der Waals surface area contributed by atoms with Gasteiger partial charge in [-0.3, -0.25) is 4.79 Å². The van der Waals surface area contributed by atoms with Gasteiger partial charge < -0.3 is 76.2 Å². The van der Waals surface area contributed by atoms with Crippen molar-refractivity contribution in [3.8, 4) is 0 Å². The van der Waals surface area contributed by atoms with Crippen molar-refractivity contribution in [3.05, 3.63) is 323 Å². The Morgan fingerprint density at radius 2 is 0.584 bits per heavy atom. The monoisotopic (exact) mass is 1370 g/mol. The zero-order chi connectivity index (χ0) is 69.2. The molecule has 3 aliphatic rings. The second-order valence-corrected chi connectivity index (χ2v) is 25.0. The van der Waals surface area contributed by atoms with E-state index < -0.39 is 104 Å². The van der Waals surface area contributed by atoms with Gasteiger partial charge in [0.25, 0.3) is 0 Å². The summed E-state index contributed by atoms with van der Waals surface area (Å²) in [7, 11) is 0. The minimum Gasteiger partial charge on any atom is -0.454 e. The quantitative estimate of drug-likeness (QED) is 0.0374. The largest absolute Gasteiger partial charge is 0.454 e. The highest BCUT2D eigenvalue weighted by atomic mass is 16.8. The summed E-state index contributed by atoms with van der Waals surface area (Å²) < 4.78 is 104. The number of rotatable bonds is 34. The molecule has 15 atom stereocenters. The summed E-state index contributed by atoms with van der Waals surface area (Å²) >= 11 is 0. The predicted octanol–water partition coefficient (Wildman–Crippen LogP) is 12.7. The Morgan fingerprint density at radius 3 is 0.931 bits per heavy atom. The minimum absolute atomic E-state index is 0.0326. The Morgan fingerprint density at radius 1 is 0.297 bits per heavy atom. The van der Waals surface area contributed by atoms with E-state index in [1.54, 1.807) is 30.3 Å². The molecular weight excluding hydrogens is 1280 g/mol. The molecule has 0 saturated carbocycles. The normalized spacial score (nSPS) is 25.0. The Labute approximate surface area is 589 Å². The fourth-order valence-corrected chi connectivity index (χ4v) is 12.5. The maximum absolute atomic E-state index is 14.1. The molecule has 101 heavy (non-hydrogen) atoms. The number of benzene rings is 9. The van der Waals surface area contributed by atoms with E-state index in [2.05, 4.69) is 0 Å². The first kappa shape index (κ1) is 72.2. The molecule has 526 valence electrons. The van der Waals surface area contributed by atoms with E-state index in [0.29, 0.717) is 0 Å². The Kier molecular flexibility index (Phi) is 27.1. The average molecular weight is 1370 g/mol. The van der Waals surface area contributed by atoms with Crippen molar-refractivity contribution in [1.29, 1.82) is 0 Å². The Bertz CT molecular complexity index is 3820. The highest BCUT2D eigenvalue weighted by molar-refractivity contribution is 5.89. The first-order valence-electron chi connectivity index (χ1n) is 34.3. The summed E-state index contributed by atoms with van der Waals surface area (Å²) in [5.41, 5.74) is 7.13. The van der Waals surface area contributed by atoms with Gasteiger partial charge in [-0.1, -0.05) is 261 Å². The molecule has 0 aliphatic carbocycles. The summed E-state index contributed by atoms with van der Waals surface area (Å²) in [5.74, 6) is -1.37. The number of hydrogen-bond donors (Lipinski definition) is 1. The molecule has 18 heteroatoms. The van der Waals surface area contributed by atoms with Crippen LogP contribution in [0.25, 0.3) is 0 Å². The van der Waals surface area contributed by atoms with Crippen LogP contribution in [0.1, 0.15) is 61.8 Å². The summed E-state index contributed by atoms with van der Waals surface area (Å²) in [4.78, 5) is 28.0. The van der Waals surface area contributed by atoms with E-state index in [1.807, 2.05) is 243 Å². The number of carbonyl (C=O) groups excluding carboxylic acids is 2. The molecular formula is C83H86O18. The predicted molar refractivity (Wildman–Crippen MR) is 373 cm³/mol. The molecule has 1 N–H and O–H groups in total. The third-order valence-electron chi connectivity index (χ3n) is 17.6. The minimum atomic E-state index is -1.78. The molecule has 0 radical (unpaired) electrons. The molecule has 0 bridgehead atoms. The second-order valence-electron chi connectivity index (χ2n) is 25.0. The van der Waals surface area contributed by atoms with Gasteiger partial charge in [0, 0.05) is 6.92 Å². The number of carbonyl (C=O) groups is 2. The van der Waals surface area contributed by atoms with E-state index in [1.165, 1.54) is 6.92 Å². The topological polar surface area (TPSA) is 193 Å². The zero-order valence-electron chi connectivity index (χ0n) is 56.3. The number of aliphatic hydroxyl groups excluding tert-OH is 1. The van der Waals surface area contributed by atoms with Crippen molar-refractivity contribution in [3.63, 3.8) is 0 Å². The highest BCUT2D eigenvalue weighted by Crippen LogP contribution is 2.38. The van der Waals surface area contributed by atoms with E-state index in [9.17, 15) is 14.7 Å². The van der Waals surface area contributed by atoms with Crippen molar-refractivity contribution in [2.75, 3.05) is 19.8 Å². The van der Waals surface area contributed by atoms with Crippen molar-refractivity contribution in [2.45, 2.75) is 152 Å². The number of ether oxygens (including phenoxy) is 15. The van der Waals surface area contributed by atoms with Gasteiger partial charge in [0.15, 0.2) is 31.1 Å². The zero-order valence-corrected chi connectivity index (χ0v) is 56.3. The SMILES string of the molecule is CC(=O)O[C@@H]1[C@@H](O[C@@H]2[C@@H](OC[C@H]3O[C@H](O)[C@@H](OC(=O)c4ccccc4)[C@@H](OCc4ccccc4)[C@@H]3OCc3ccccc3)O[C@H](COCc3ccccc3)[C@@H](OCc3ccccc3)[C@@H]2OCc2ccccc2)O[C@H](COCc2ccccc2)[C@@H](OCc2ccccc2)[C@@H]1OCc1ccccc1. The van der Waals surface area contributed by atoms with Crippen molar-refractivity contribution in [2.24, 2.45) is 0 Å². The van der Waals surface area contributed by atoms with Crippen molar-refractivity contribution < 1.29 is 85.7 Å². The van der Waals surface area contributed by atoms with Gasteiger partial charge in [0.1, 0.15) is 61.0 Å². The van der Waals surface area contributed by atoms with Crippen LogP contribution in [0.2, 0.25) is 0 Å². The van der Waals surface area contributed by atoms with Gasteiger partial charge in [-0.15, -0.1) is 0 Å². The molecule has 9 aromatic carbocycles. The van der Waals surface area contributed by atoms with Crippen LogP contribution in [0.4, 0.5) is 0 Å². The van der Waals surface area contributed by atoms with Crippen molar-refractivity contribution >= 4 is 11.9 Å². The molecule has 0 unspecified atom stereocenters. The molecule has 12 rings (SSSR count). The number of aliphatic hydroxyl groups is 1. The fraction of sp³-hybridized carbons (Fsp3) is 0.325. The van der Waals surface area contributed by atoms with Gasteiger partial charge in [-0.05, 0) is 56.6 Å². The molecule has 0 spiro atoms. The lowest BCUT2D eigenvalue weighted by Gasteiger charge is -2.50. The van der Waals surface area contributed by atoms with Gasteiger partial charge in [-0.2, -0.15) is 0 Å². The van der Waals surface area contributed by atoms with Gasteiger partial charge >= 0.3 is 11.9 Å². The van der Waals surface area contributed by atoms with Gasteiger partial charge in [0.05, 0.1) is 78.2 Å². The third-order valence-corrected chi connectivity index (χ3v) is 17.6. The van der Waals surface area contributed by atoms with E-state index >= 15 is 0 Å². The number of esters is 2. The van der Waals surface area contributed by atoms with E-state index in [0.717, 1.165) is 44.5 Å². The molecule has 0 amide bonds. The molecule has 3 aliphatic heterocycles. The summed E-state index contributed by atoms with van der Waals surface area (Å²) in [6, 6.07) is 85.9. The lowest BCUT2D eigenvalue weighted by atomic mass is 9.95. The van der Waals surface area contributed by atoms with Crippen LogP contribution in [0.15, 0.2) is 273 Å². The van der Waals surface area contributed by atoms with Crippen LogP contribution in [-0.2, 0) is 129 Å². The lowest BCUT2D eigenvalue weighted by Crippen LogP contribution is -2.67. The van der Waals surface area contributed by atoms with Gasteiger partial charge in [-0.25, -0.2) is 4.79 Å². The highest BCUT2D eigenvalue weighted by Gasteiger charge is 2.57. The second kappa shape index (κ2) is 37.9. The Hall–Kier alpha value is -8.64. The maximum Gasteiger partial charge on any atom is 0.338 e. The van der Waals surface area contributed by atoms with Crippen LogP contribution in [0.3, 0.4) is 0 Å². The van der Waals surface area contributed by atoms with Gasteiger partial charge in [0.2, 0.25) is 0 Å². The Balaban J connectivity index is 0.955. The van der Waals surface area contributed by atoms with Crippen LogP contribution >= 0.6 is 0 Å². The average Bonchev–Trinajstić information content (AvgIpc) is 0.775. The summed E-state index contributed by atoms with van der Waals surface area (Å²) in [6.07, 6.45) is -18.4. The molecule has 9 aromatic rings. The van der Waals surface area contributed by atoms with Crippen LogP contribution in [0, 0.1) is 0 Å². The molecule has 3 fully saturated rings. The number of hydrogen-bond acceptors (Lipinski definition) is 18. The maximum atomic E-state index is 14.1. The fourth-order valence-electron chi connectivity index (χ4n) is 12.5. The van der Waals surface area contributed by atoms with Crippen molar-refractivity contribution in [1.82, 2.24) is 0 Å². The summed E-state index contributed by atoms with van der Waals surface area (Å²) in [6.45, 7) is 1.73. The first-order valence-corrected chi connectivity index (χ1v) is 34.3. The van der Waals surface area contributed by atoms with Crippen LogP contribution < -0.4 is 0 Å². The summed E-state index contributed by atoms with van der Waals surface area (Å²) in [5, 5.41) is 12.4. The molecule has 18 nitrogen and oxygen atoms in total. The first-order chi connectivity index (χ1) is 49.7. The molecule has 3 saturated heterocycles.